The molecule has 138 valence electrons. The average molecular weight is 375 g/mol. The molecule has 26 heavy (non-hydrogen) atoms. The summed E-state index contributed by atoms with van der Waals surface area (Å²) < 4.78 is 25.3. The van der Waals surface area contributed by atoms with E-state index in [-0.39, 0.29) is 16.7 Å². The van der Waals surface area contributed by atoms with Gasteiger partial charge in [0, 0.05) is 11.8 Å². The zero-order valence-electron chi connectivity index (χ0n) is 14.3. The van der Waals surface area contributed by atoms with E-state index < -0.39 is 14.8 Å². The Hall–Kier alpha value is -2.48. The Morgan fingerprint density at radius 3 is 2.58 bits per heavy atom. The van der Waals surface area contributed by atoms with E-state index in [1.54, 1.807) is 24.3 Å². The third-order valence-electron chi connectivity index (χ3n) is 4.59. The summed E-state index contributed by atoms with van der Waals surface area (Å²) in [6, 6.07) is 10.1. The standard InChI is InChI=1S/C18H21N3O4S/c22-21(23)16-9-10-18(19-12-16)20-15-6-4-5-14(11-15)13-26(24,25)17-7-2-1-3-8-17/h4-6,9-12,17H,1-3,7-8,13H2,(H,19,20). The number of nitrogens with zero attached hydrogens (tertiary/aromatic N) is 2. The number of benzene rings is 1. The molecule has 0 unspecified atom stereocenters. The van der Waals surface area contributed by atoms with Gasteiger partial charge in [-0.15, -0.1) is 0 Å². The van der Waals surface area contributed by atoms with Crippen LogP contribution in [0.3, 0.4) is 0 Å². The van der Waals surface area contributed by atoms with E-state index >= 15 is 0 Å². The molecular weight excluding hydrogens is 354 g/mol. The molecule has 1 aliphatic carbocycles. The van der Waals surface area contributed by atoms with Crippen molar-refractivity contribution >= 4 is 27.0 Å². The SMILES string of the molecule is O=[N+]([O-])c1ccc(Nc2cccc(CS(=O)(=O)C3CCCCC3)c2)nc1. The van der Waals surface area contributed by atoms with Crippen LogP contribution in [0.15, 0.2) is 42.6 Å². The van der Waals surface area contributed by atoms with Crippen molar-refractivity contribution in [3.8, 4) is 0 Å². The number of hydrogen-bond acceptors (Lipinski definition) is 6. The van der Waals surface area contributed by atoms with Gasteiger partial charge in [0.1, 0.15) is 12.0 Å². The van der Waals surface area contributed by atoms with Crippen molar-refractivity contribution < 1.29 is 13.3 Å². The summed E-state index contributed by atoms with van der Waals surface area (Å²) in [5, 5.41) is 13.5. The van der Waals surface area contributed by atoms with E-state index in [0.717, 1.165) is 37.7 Å². The van der Waals surface area contributed by atoms with Crippen LogP contribution in [-0.4, -0.2) is 23.6 Å². The van der Waals surface area contributed by atoms with Gasteiger partial charge in [0.2, 0.25) is 0 Å². The highest BCUT2D eigenvalue weighted by atomic mass is 32.2. The fourth-order valence-corrected chi connectivity index (χ4v) is 5.16. The van der Waals surface area contributed by atoms with Crippen molar-refractivity contribution in [2.45, 2.75) is 43.1 Å². The summed E-state index contributed by atoms with van der Waals surface area (Å²) in [7, 11) is -3.16. The van der Waals surface area contributed by atoms with Crippen LogP contribution in [0.5, 0.6) is 0 Å². The molecule has 1 N–H and O–H groups in total. The third kappa shape index (κ3) is 4.57. The van der Waals surface area contributed by atoms with E-state index in [9.17, 15) is 18.5 Å². The van der Waals surface area contributed by atoms with Crippen molar-refractivity contribution in [3.05, 3.63) is 58.3 Å². The lowest BCUT2D eigenvalue weighted by Crippen LogP contribution is -2.25. The van der Waals surface area contributed by atoms with Crippen molar-refractivity contribution in [1.82, 2.24) is 4.98 Å². The molecule has 0 saturated heterocycles. The summed E-state index contributed by atoms with van der Waals surface area (Å²) in [5.74, 6) is 0.490. The Morgan fingerprint density at radius 2 is 1.92 bits per heavy atom. The number of anilines is 2. The van der Waals surface area contributed by atoms with Gasteiger partial charge in [-0.1, -0.05) is 31.4 Å². The molecule has 3 rings (SSSR count). The lowest BCUT2D eigenvalue weighted by atomic mass is 10.0. The average Bonchev–Trinajstić information content (AvgIpc) is 2.63. The highest BCUT2D eigenvalue weighted by Gasteiger charge is 2.27. The summed E-state index contributed by atoms with van der Waals surface area (Å²) in [6.45, 7) is 0. The number of nitro groups is 1. The van der Waals surface area contributed by atoms with Gasteiger partial charge in [0.15, 0.2) is 9.84 Å². The predicted octanol–water partition coefficient (Wildman–Crippen LogP) is 3.98. The highest BCUT2D eigenvalue weighted by molar-refractivity contribution is 7.91. The number of pyridine rings is 1. The molecule has 0 radical (unpaired) electrons. The third-order valence-corrected chi connectivity index (χ3v) is 6.81. The maximum absolute atomic E-state index is 12.6. The molecule has 8 heteroatoms. The monoisotopic (exact) mass is 375 g/mol. The number of sulfone groups is 1. The molecule has 1 aromatic carbocycles. The van der Waals surface area contributed by atoms with Gasteiger partial charge in [0.05, 0.1) is 15.9 Å². The van der Waals surface area contributed by atoms with E-state index in [4.69, 9.17) is 0 Å². The van der Waals surface area contributed by atoms with E-state index in [1.165, 1.54) is 18.3 Å². The van der Waals surface area contributed by atoms with E-state index in [2.05, 4.69) is 10.3 Å². The first-order valence-corrected chi connectivity index (χ1v) is 10.3. The van der Waals surface area contributed by atoms with Gasteiger partial charge in [-0.25, -0.2) is 13.4 Å². The van der Waals surface area contributed by atoms with Crippen molar-refractivity contribution in [3.63, 3.8) is 0 Å². The van der Waals surface area contributed by atoms with Gasteiger partial charge < -0.3 is 5.32 Å². The maximum atomic E-state index is 12.6. The van der Waals surface area contributed by atoms with Crippen molar-refractivity contribution in [1.29, 1.82) is 0 Å². The minimum atomic E-state index is -3.16. The molecule has 7 nitrogen and oxygen atoms in total. The summed E-state index contributed by atoms with van der Waals surface area (Å²) in [5.41, 5.74) is 1.34. The van der Waals surface area contributed by atoms with Gasteiger partial charge in [0.25, 0.3) is 5.69 Å². The lowest BCUT2D eigenvalue weighted by molar-refractivity contribution is -0.385. The molecule has 1 aliphatic rings. The van der Waals surface area contributed by atoms with Crippen LogP contribution in [0.4, 0.5) is 17.2 Å². The van der Waals surface area contributed by atoms with E-state index in [0.29, 0.717) is 11.5 Å². The Labute approximate surface area is 152 Å². The minimum Gasteiger partial charge on any atom is -0.340 e. The molecule has 0 spiro atoms. The van der Waals surface area contributed by atoms with Crippen LogP contribution >= 0.6 is 0 Å². The fraction of sp³-hybridized carbons (Fsp3) is 0.389. The van der Waals surface area contributed by atoms with Crippen LogP contribution < -0.4 is 5.32 Å². The quantitative estimate of drug-likeness (QED) is 0.605. The maximum Gasteiger partial charge on any atom is 0.287 e. The second kappa shape index (κ2) is 7.82. The first kappa shape index (κ1) is 18.3. The van der Waals surface area contributed by atoms with Crippen molar-refractivity contribution in [2.24, 2.45) is 0 Å². The number of hydrogen-bond donors (Lipinski definition) is 1. The largest absolute Gasteiger partial charge is 0.340 e. The van der Waals surface area contributed by atoms with Crippen LogP contribution in [0.1, 0.15) is 37.7 Å². The predicted molar refractivity (Wildman–Crippen MR) is 100 cm³/mol. The Balaban J connectivity index is 1.70. The second-order valence-electron chi connectivity index (χ2n) is 6.55. The fourth-order valence-electron chi connectivity index (χ4n) is 3.23. The van der Waals surface area contributed by atoms with Gasteiger partial charge in [-0.3, -0.25) is 10.1 Å². The van der Waals surface area contributed by atoms with Crippen LogP contribution in [0, 0.1) is 10.1 Å². The zero-order chi connectivity index (χ0) is 18.6. The highest BCUT2D eigenvalue weighted by Crippen LogP contribution is 2.27. The molecular formula is C18H21N3O4S. The molecule has 1 aromatic heterocycles. The second-order valence-corrected chi connectivity index (χ2v) is 8.83. The molecule has 1 saturated carbocycles. The minimum absolute atomic E-state index is 0.0286. The molecule has 2 aromatic rings. The first-order valence-electron chi connectivity index (χ1n) is 8.62. The Kier molecular flexibility index (Phi) is 5.51. The Morgan fingerprint density at radius 1 is 1.15 bits per heavy atom. The van der Waals surface area contributed by atoms with Crippen LogP contribution in [0.25, 0.3) is 0 Å². The normalized spacial score (nSPS) is 15.5. The zero-order valence-corrected chi connectivity index (χ0v) is 15.1. The molecule has 0 atom stereocenters. The van der Waals surface area contributed by atoms with Gasteiger partial charge in [-0.05, 0) is 36.6 Å². The molecule has 1 fully saturated rings. The summed E-state index contributed by atoms with van der Waals surface area (Å²) >= 11 is 0. The molecule has 0 aliphatic heterocycles. The molecule has 0 bridgehead atoms. The molecule has 1 heterocycles. The number of nitrogens with one attached hydrogen (secondary N) is 1. The summed E-state index contributed by atoms with van der Waals surface area (Å²) in [4.78, 5) is 14.2. The first-order chi connectivity index (χ1) is 12.4. The van der Waals surface area contributed by atoms with E-state index in [1.807, 2.05) is 0 Å². The smallest absolute Gasteiger partial charge is 0.287 e. The molecule has 0 amide bonds. The van der Waals surface area contributed by atoms with Crippen LogP contribution in [-0.2, 0) is 15.6 Å². The Bertz CT molecular complexity index is 876. The number of rotatable bonds is 6. The number of aromatic nitrogens is 1. The topological polar surface area (TPSA) is 102 Å². The lowest BCUT2D eigenvalue weighted by Gasteiger charge is -2.21. The van der Waals surface area contributed by atoms with Gasteiger partial charge >= 0.3 is 0 Å². The van der Waals surface area contributed by atoms with Gasteiger partial charge in [-0.2, -0.15) is 0 Å². The van der Waals surface area contributed by atoms with Crippen LogP contribution in [0.2, 0.25) is 0 Å². The summed E-state index contributed by atoms with van der Waals surface area (Å²) in [6.07, 6.45) is 5.78. The van der Waals surface area contributed by atoms with Crippen molar-refractivity contribution in [2.75, 3.05) is 5.32 Å².